The lowest BCUT2D eigenvalue weighted by molar-refractivity contribution is 0.0775. The maximum absolute atomic E-state index is 9.91. The molecule has 0 bridgehead atoms. The highest BCUT2D eigenvalue weighted by Crippen LogP contribution is 2.36. The van der Waals surface area contributed by atoms with Gasteiger partial charge in [-0.1, -0.05) is 22.9 Å². The third-order valence-corrected chi connectivity index (χ3v) is 4.38. The van der Waals surface area contributed by atoms with E-state index in [4.69, 9.17) is 11.6 Å². The number of aromatic nitrogens is 4. The first-order valence-electron chi connectivity index (χ1n) is 5.65. The fourth-order valence-electron chi connectivity index (χ4n) is 1.70. The van der Waals surface area contributed by atoms with E-state index in [1.807, 2.05) is 6.07 Å². The predicted octanol–water partition coefficient (Wildman–Crippen LogP) is 2.96. The molecular formula is C12H11ClN4OS. The van der Waals surface area contributed by atoms with Gasteiger partial charge in [0.25, 0.3) is 0 Å². The van der Waals surface area contributed by atoms with Crippen LogP contribution in [0.2, 0.25) is 5.02 Å². The van der Waals surface area contributed by atoms with Gasteiger partial charge < -0.3 is 10.1 Å². The van der Waals surface area contributed by atoms with Crippen molar-refractivity contribution in [2.24, 2.45) is 0 Å². The van der Waals surface area contributed by atoms with Crippen molar-refractivity contribution in [2.45, 2.75) is 19.4 Å². The van der Waals surface area contributed by atoms with Gasteiger partial charge in [-0.05, 0) is 19.9 Å². The predicted molar refractivity (Wildman–Crippen MR) is 75.3 cm³/mol. The van der Waals surface area contributed by atoms with Crippen LogP contribution in [0.3, 0.4) is 0 Å². The second-order valence-electron chi connectivity index (χ2n) is 4.70. The average molecular weight is 295 g/mol. The third-order valence-electron chi connectivity index (χ3n) is 2.70. The lowest BCUT2D eigenvalue weighted by atomic mass is 10.2. The van der Waals surface area contributed by atoms with Crippen LogP contribution in [-0.2, 0) is 5.60 Å². The Morgan fingerprint density at radius 3 is 2.84 bits per heavy atom. The van der Waals surface area contributed by atoms with Crippen LogP contribution in [0.4, 0.5) is 0 Å². The number of aliphatic hydroxyl groups is 1. The minimum absolute atomic E-state index is 0.549. The summed E-state index contributed by atoms with van der Waals surface area (Å²) in [4.78, 5) is 7.29. The standard InChI is InChI=1S/C12H11ClN4OS/c1-12(2,18)11-17-16-10(19-11)7-5-15-9-6(8(7)13)3-4-14-9/h3-5,18H,1-2H3,(H,14,15). The summed E-state index contributed by atoms with van der Waals surface area (Å²) in [5, 5.41) is 20.6. The van der Waals surface area contributed by atoms with Crippen molar-refractivity contribution in [2.75, 3.05) is 0 Å². The lowest BCUT2D eigenvalue weighted by Crippen LogP contribution is -2.14. The van der Waals surface area contributed by atoms with Gasteiger partial charge >= 0.3 is 0 Å². The number of nitrogens with zero attached hydrogens (tertiary/aromatic N) is 3. The van der Waals surface area contributed by atoms with Crippen molar-refractivity contribution in [3.05, 3.63) is 28.5 Å². The van der Waals surface area contributed by atoms with Crippen LogP contribution >= 0.6 is 22.9 Å². The summed E-state index contributed by atoms with van der Waals surface area (Å²) < 4.78 is 0. The molecule has 0 aliphatic rings. The zero-order valence-electron chi connectivity index (χ0n) is 10.3. The van der Waals surface area contributed by atoms with Gasteiger partial charge in [0, 0.05) is 17.8 Å². The molecule has 0 radical (unpaired) electrons. The maximum Gasteiger partial charge on any atom is 0.150 e. The molecule has 0 atom stereocenters. The molecule has 0 unspecified atom stereocenters. The number of fused-ring (bicyclic) bond motifs is 1. The quantitative estimate of drug-likeness (QED) is 0.762. The van der Waals surface area contributed by atoms with Crippen LogP contribution < -0.4 is 0 Å². The smallest absolute Gasteiger partial charge is 0.150 e. The number of halogens is 1. The van der Waals surface area contributed by atoms with Crippen molar-refractivity contribution >= 4 is 34.0 Å². The Hall–Kier alpha value is -1.50. The maximum atomic E-state index is 9.91. The number of pyridine rings is 1. The van der Waals surface area contributed by atoms with E-state index >= 15 is 0 Å². The van der Waals surface area contributed by atoms with E-state index in [9.17, 15) is 5.11 Å². The van der Waals surface area contributed by atoms with Crippen molar-refractivity contribution in [3.8, 4) is 10.6 Å². The molecule has 3 heterocycles. The van der Waals surface area contributed by atoms with Gasteiger partial charge in [0.15, 0.2) is 5.01 Å². The highest BCUT2D eigenvalue weighted by atomic mass is 35.5. The summed E-state index contributed by atoms with van der Waals surface area (Å²) in [5.41, 5.74) is 0.455. The van der Waals surface area contributed by atoms with Crippen LogP contribution in [0.1, 0.15) is 18.9 Å². The monoisotopic (exact) mass is 294 g/mol. The first kappa shape index (κ1) is 12.5. The fraction of sp³-hybridized carbons (Fsp3) is 0.250. The van der Waals surface area contributed by atoms with E-state index < -0.39 is 5.60 Å². The minimum atomic E-state index is -1.01. The van der Waals surface area contributed by atoms with Crippen LogP contribution in [0.25, 0.3) is 21.6 Å². The highest BCUT2D eigenvalue weighted by Gasteiger charge is 2.23. The van der Waals surface area contributed by atoms with E-state index in [-0.39, 0.29) is 0 Å². The normalized spacial score (nSPS) is 12.2. The van der Waals surface area contributed by atoms with Gasteiger partial charge in [0.2, 0.25) is 0 Å². The average Bonchev–Trinajstić information content (AvgIpc) is 2.96. The lowest BCUT2D eigenvalue weighted by Gasteiger charge is -2.11. The number of rotatable bonds is 2. The molecule has 3 aromatic heterocycles. The number of aromatic amines is 1. The zero-order valence-corrected chi connectivity index (χ0v) is 11.9. The Balaban J connectivity index is 2.14. The molecule has 0 spiro atoms. The summed E-state index contributed by atoms with van der Waals surface area (Å²) >= 11 is 7.67. The van der Waals surface area contributed by atoms with Crippen molar-refractivity contribution < 1.29 is 5.11 Å². The first-order valence-corrected chi connectivity index (χ1v) is 6.84. The fourth-order valence-corrected chi connectivity index (χ4v) is 2.91. The van der Waals surface area contributed by atoms with E-state index in [0.29, 0.717) is 15.0 Å². The van der Waals surface area contributed by atoms with Gasteiger partial charge in [0.1, 0.15) is 16.3 Å². The number of hydrogen-bond acceptors (Lipinski definition) is 5. The molecule has 0 amide bonds. The highest BCUT2D eigenvalue weighted by molar-refractivity contribution is 7.14. The van der Waals surface area contributed by atoms with Crippen LogP contribution in [0, 0.1) is 0 Å². The molecule has 0 aliphatic carbocycles. The summed E-state index contributed by atoms with van der Waals surface area (Å²) in [7, 11) is 0. The van der Waals surface area contributed by atoms with Crippen molar-refractivity contribution in [1.82, 2.24) is 20.2 Å². The summed E-state index contributed by atoms with van der Waals surface area (Å²) in [5.74, 6) is 0. The zero-order chi connectivity index (χ0) is 13.6. The Morgan fingerprint density at radius 1 is 1.37 bits per heavy atom. The summed E-state index contributed by atoms with van der Waals surface area (Å²) in [6.07, 6.45) is 3.45. The molecule has 98 valence electrons. The number of nitrogens with one attached hydrogen (secondary N) is 1. The molecule has 7 heteroatoms. The molecular weight excluding hydrogens is 284 g/mol. The van der Waals surface area contributed by atoms with Gasteiger partial charge in [0.05, 0.1) is 10.6 Å². The summed E-state index contributed by atoms with van der Waals surface area (Å²) in [6.45, 7) is 3.35. The Bertz CT molecular complexity index is 744. The van der Waals surface area contributed by atoms with Gasteiger partial charge in [-0.2, -0.15) is 0 Å². The molecule has 0 aliphatic heterocycles. The summed E-state index contributed by atoms with van der Waals surface area (Å²) in [6, 6.07) is 1.87. The molecule has 3 aromatic rings. The first-order chi connectivity index (χ1) is 8.97. The van der Waals surface area contributed by atoms with Gasteiger partial charge in [-0.15, -0.1) is 10.2 Å². The SMILES string of the molecule is CC(C)(O)c1nnc(-c2cnc3[nH]ccc3c2Cl)s1. The largest absolute Gasteiger partial charge is 0.383 e. The molecule has 0 aromatic carbocycles. The van der Waals surface area contributed by atoms with Gasteiger partial charge in [-0.25, -0.2) is 4.98 Å². The molecule has 5 nitrogen and oxygen atoms in total. The second-order valence-corrected chi connectivity index (χ2v) is 6.05. The second kappa shape index (κ2) is 4.26. The molecule has 0 saturated heterocycles. The van der Waals surface area contributed by atoms with Crippen LogP contribution in [0.5, 0.6) is 0 Å². The molecule has 3 rings (SSSR count). The number of H-pyrrole nitrogens is 1. The molecule has 0 saturated carbocycles. The molecule has 0 fully saturated rings. The van der Waals surface area contributed by atoms with E-state index in [0.717, 1.165) is 16.6 Å². The molecule has 2 N–H and O–H groups in total. The Morgan fingerprint density at radius 2 is 2.16 bits per heavy atom. The van der Waals surface area contributed by atoms with Gasteiger partial charge in [-0.3, -0.25) is 0 Å². The van der Waals surface area contributed by atoms with Crippen LogP contribution in [-0.4, -0.2) is 25.3 Å². The molecule has 19 heavy (non-hydrogen) atoms. The Labute approximate surface area is 118 Å². The Kier molecular flexibility index (Phi) is 2.81. The van der Waals surface area contributed by atoms with Crippen molar-refractivity contribution in [1.29, 1.82) is 0 Å². The number of hydrogen-bond donors (Lipinski definition) is 2. The van der Waals surface area contributed by atoms with E-state index in [1.165, 1.54) is 11.3 Å². The van der Waals surface area contributed by atoms with E-state index in [2.05, 4.69) is 20.2 Å². The van der Waals surface area contributed by atoms with Crippen LogP contribution in [0.15, 0.2) is 18.5 Å². The van der Waals surface area contributed by atoms with E-state index in [1.54, 1.807) is 26.2 Å². The third kappa shape index (κ3) is 2.11. The topological polar surface area (TPSA) is 74.7 Å². The minimum Gasteiger partial charge on any atom is -0.383 e. The van der Waals surface area contributed by atoms with Crippen molar-refractivity contribution in [3.63, 3.8) is 0 Å².